The van der Waals surface area contributed by atoms with Gasteiger partial charge in [-0.3, -0.25) is 4.79 Å². The van der Waals surface area contributed by atoms with Gasteiger partial charge in [0.1, 0.15) is 11.7 Å². The lowest BCUT2D eigenvalue weighted by molar-refractivity contribution is -0.151. The first kappa shape index (κ1) is 14.6. The number of hydrogen-bond acceptors (Lipinski definition) is 4. The van der Waals surface area contributed by atoms with Crippen LogP contribution >= 0.6 is 0 Å². The van der Waals surface area contributed by atoms with Crippen molar-refractivity contribution in [2.45, 2.75) is 32.5 Å². The SMILES string of the molecule is C=CC(=O)OC(C)COC(C)(C)C(=O)C=C. The van der Waals surface area contributed by atoms with Gasteiger partial charge in [0.2, 0.25) is 0 Å². The van der Waals surface area contributed by atoms with Crippen molar-refractivity contribution in [2.24, 2.45) is 0 Å². The van der Waals surface area contributed by atoms with E-state index in [1.807, 2.05) is 0 Å². The van der Waals surface area contributed by atoms with Crippen LogP contribution in [0.5, 0.6) is 0 Å². The van der Waals surface area contributed by atoms with E-state index in [0.29, 0.717) is 0 Å². The van der Waals surface area contributed by atoms with Crippen molar-refractivity contribution >= 4 is 11.8 Å². The maximum atomic E-state index is 11.4. The Labute approximate surface area is 95.9 Å². The minimum Gasteiger partial charge on any atom is -0.457 e. The molecule has 0 aromatic rings. The van der Waals surface area contributed by atoms with Crippen molar-refractivity contribution in [3.05, 3.63) is 25.3 Å². The summed E-state index contributed by atoms with van der Waals surface area (Å²) in [7, 11) is 0. The second kappa shape index (κ2) is 6.23. The minimum absolute atomic E-state index is 0.145. The highest BCUT2D eigenvalue weighted by atomic mass is 16.6. The maximum Gasteiger partial charge on any atom is 0.330 e. The van der Waals surface area contributed by atoms with Gasteiger partial charge in [0.05, 0.1) is 6.61 Å². The molecule has 0 aliphatic carbocycles. The Kier molecular flexibility index (Phi) is 5.67. The van der Waals surface area contributed by atoms with Crippen molar-refractivity contribution in [1.29, 1.82) is 0 Å². The largest absolute Gasteiger partial charge is 0.457 e. The molecule has 0 heterocycles. The molecule has 4 nitrogen and oxygen atoms in total. The molecule has 0 aliphatic rings. The Hall–Kier alpha value is -1.42. The highest BCUT2D eigenvalue weighted by Crippen LogP contribution is 2.12. The summed E-state index contributed by atoms with van der Waals surface area (Å²) in [4.78, 5) is 22.2. The van der Waals surface area contributed by atoms with Gasteiger partial charge in [0.15, 0.2) is 5.78 Å². The molecule has 0 bridgehead atoms. The molecule has 4 heteroatoms. The van der Waals surface area contributed by atoms with E-state index in [0.717, 1.165) is 6.08 Å². The van der Waals surface area contributed by atoms with E-state index in [-0.39, 0.29) is 12.4 Å². The summed E-state index contributed by atoms with van der Waals surface area (Å²) in [5.41, 5.74) is -0.948. The normalized spacial score (nSPS) is 12.7. The number of carbonyl (C=O) groups is 2. The number of hydrogen-bond donors (Lipinski definition) is 0. The topological polar surface area (TPSA) is 52.6 Å². The quantitative estimate of drug-likeness (QED) is 0.489. The minimum atomic E-state index is -0.948. The summed E-state index contributed by atoms with van der Waals surface area (Å²) in [5, 5.41) is 0. The predicted octanol–water partition coefficient (Wildman–Crippen LogP) is 1.65. The third-order valence-electron chi connectivity index (χ3n) is 1.94. The van der Waals surface area contributed by atoms with Gasteiger partial charge in [-0.25, -0.2) is 4.79 Å². The van der Waals surface area contributed by atoms with Gasteiger partial charge < -0.3 is 9.47 Å². The Morgan fingerprint density at radius 3 is 2.31 bits per heavy atom. The molecule has 0 saturated heterocycles. The average Bonchev–Trinajstić information content (AvgIpc) is 2.25. The van der Waals surface area contributed by atoms with Crippen LogP contribution in [0.4, 0.5) is 0 Å². The summed E-state index contributed by atoms with van der Waals surface area (Å²) < 4.78 is 10.2. The van der Waals surface area contributed by atoms with Crippen molar-refractivity contribution in [1.82, 2.24) is 0 Å². The zero-order chi connectivity index (χ0) is 12.8. The lowest BCUT2D eigenvalue weighted by atomic mass is 10.0. The second-order valence-electron chi connectivity index (χ2n) is 3.84. The third kappa shape index (κ3) is 4.89. The average molecular weight is 226 g/mol. The standard InChI is InChI=1S/C12H18O4/c1-6-10(13)12(4,5)15-8-9(3)16-11(14)7-2/h6-7,9H,1-2,8H2,3-5H3. The molecule has 90 valence electrons. The third-order valence-corrected chi connectivity index (χ3v) is 1.94. The van der Waals surface area contributed by atoms with E-state index in [1.165, 1.54) is 6.08 Å². The Morgan fingerprint density at radius 1 is 1.31 bits per heavy atom. The lowest BCUT2D eigenvalue weighted by Crippen LogP contribution is -2.36. The fraction of sp³-hybridized carbons (Fsp3) is 0.500. The van der Waals surface area contributed by atoms with Crippen LogP contribution in [0, 0.1) is 0 Å². The van der Waals surface area contributed by atoms with Gasteiger partial charge in [0.25, 0.3) is 0 Å². The van der Waals surface area contributed by atoms with Crippen molar-refractivity contribution in [3.8, 4) is 0 Å². The molecule has 0 aliphatic heterocycles. The fourth-order valence-electron chi connectivity index (χ4n) is 0.923. The van der Waals surface area contributed by atoms with Gasteiger partial charge in [-0.15, -0.1) is 0 Å². The van der Waals surface area contributed by atoms with Crippen LogP contribution in [0.15, 0.2) is 25.3 Å². The van der Waals surface area contributed by atoms with E-state index in [1.54, 1.807) is 20.8 Å². The molecular formula is C12H18O4. The lowest BCUT2D eigenvalue weighted by Gasteiger charge is -2.24. The Balaban J connectivity index is 4.13. The smallest absolute Gasteiger partial charge is 0.330 e. The van der Waals surface area contributed by atoms with Gasteiger partial charge >= 0.3 is 5.97 Å². The van der Waals surface area contributed by atoms with E-state index >= 15 is 0 Å². The highest BCUT2D eigenvalue weighted by molar-refractivity contribution is 5.95. The zero-order valence-corrected chi connectivity index (χ0v) is 9.99. The molecule has 0 aromatic heterocycles. The zero-order valence-electron chi connectivity index (χ0n) is 9.99. The molecule has 1 atom stereocenters. The van der Waals surface area contributed by atoms with Crippen LogP contribution in [-0.4, -0.2) is 30.1 Å². The molecule has 0 fully saturated rings. The molecule has 1 unspecified atom stereocenters. The van der Waals surface area contributed by atoms with Crippen LogP contribution in [-0.2, 0) is 19.1 Å². The van der Waals surface area contributed by atoms with Crippen LogP contribution in [0.1, 0.15) is 20.8 Å². The van der Waals surface area contributed by atoms with Crippen LogP contribution in [0.3, 0.4) is 0 Å². The number of esters is 1. The van der Waals surface area contributed by atoms with E-state index in [9.17, 15) is 9.59 Å². The summed E-state index contributed by atoms with van der Waals surface area (Å²) in [6, 6.07) is 0. The molecule has 0 radical (unpaired) electrons. The van der Waals surface area contributed by atoms with Crippen molar-refractivity contribution < 1.29 is 19.1 Å². The van der Waals surface area contributed by atoms with Crippen LogP contribution < -0.4 is 0 Å². The van der Waals surface area contributed by atoms with E-state index < -0.39 is 17.7 Å². The van der Waals surface area contributed by atoms with E-state index in [2.05, 4.69) is 13.2 Å². The first-order valence-electron chi connectivity index (χ1n) is 4.97. The molecule has 0 amide bonds. The molecule has 0 aromatic carbocycles. The number of rotatable bonds is 7. The first-order valence-corrected chi connectivity index (χ1v) is 4.97. The van der Waals surface area contributed by atoms with Crippen molar-refractivity contribution in [3.63, 3.8) is 0 Å². The summed E-state index contributed by atoms with van der Waals surface area (Å²) in [6.45, 7) is 11.8. The van der Waals surface area contributed by atoms with Crippen LogP contribution in [0.25, 0.3) is 0 Å². The Bertz CT molecular complexity index is 291. The fourth-order valence-corrected chi connectivity index (χ4v) is 0.923. The van der Waals surface area contributed by atoms with Gasteiger partial charge in [0, 0.05) is 6.08 Å². The molecular weight excluding hydrogens is 208 g/mol. The number of ether oxygens (including phenoxy) is 2. The monoisotopic (exact) mass is 226 g/mol. The van der Waals surface area contributed by atoms with Gasteiger partial charge in [-0.05, 0) is 26.8 Å². The number of ketones is 1. The molecule has 0 N–H and O–H groups in total. The van der Waals surface area contributed by atoms with Crippen molar-refractivity contribution in [2.75, 3.05) is 6.61 Å². The highest BCUT2D eigenvalue weighted by Gasteiger charge is 2.26. The number of carbonyl (C=O) groups excluding carboxylic acids is 2. The van der Waals surface area contributed by atoms with Gasteiger partial charge in [-0.2, -0.15) is 0 Å². The summed E-state index contributed by atoms with van der Waals surface area (Å²) >= 11 is 0. The molecule has 16 heavy (non-hydrogen) atoms. The molecule has 0 rings (SSSR count). The Morgan fingerprint density at radius 2 is 1.88 bits per heavy atom. The molecule has 0 spiro atoms. The first-order chi connectivity index (χ1) is 7.33. The van der Waals surface area contributed by atoms with Gasteiger partial charge in [-0.1, -0.05) is 13.2 Å². The van der Waals surface area contributed by atoms with Crippen LogP contribution in [0.2, 0.25) is 0 Å². The summed E-state index contributed by atoms with van der Waals surface area (Å²) in [5.74, 6) is -0.723. The second-order valence-corrected chi connectivity index (χ2v) is 3.84. The van der Waals surface area contributed by atoms with E-state index in [4.69, 9.17) is 9.47 Å². The summed E-state index contributed by atoms with van der Waals surface area (Å²) in [6.07, 6.45) is 1.86. The maximum absolute atomic E-state index is 11.4. The predicted molar refractivity (Wildman–Crippen MR) is 61.0 cm³/mol. The molecule has 0 saturated carbocycles.